The van der Waals surface area contributed by atoms with Crippen molar-refractivity contribution < 1.29 is 0 Å². The first-order valence-corrected chi connectivity index (χ1v) is 11.6. The van der Waals surface area contributed by atoms with E-state index >= 15 is 0 Å². The van der Waals surface area contributed by atoms with Gasteiger partial charge in [0.1, 0.15) is 0 Å². The highest BCUT2D eigenvalue weighted by molar-refractivity contribution is 7.15. The Balaban J connectivity index is 1.84. The molecular formula is C21H13NS4. The monoisotopic (exact) mass is 407 g/mol. The zero-order valence-electron chi connectivity index (χ0n) is 13.6. The van der Waals surface area contributed by atoms with Gasteiger partial charge in [-0.2, -0.15) is 0 Å². The Hall–Kier alpha value is -2.05. The standard InChI is InChI=1S/C21H13NS4/c1-5-16(23-9-1)14-13-15(17-6-2-10-24-17)21(19-8-4-12-26-19)22-20(14)18-7-3-11-25-18/h1-13H. The zero-order chi connectivity index (χ0) is 17.3. The molecule has 0 saturated heterocycles. The van der Waals surface area contributed by atoms with Crippen LogP contribution in [0.4, 0.5) is 0 Å². The summed E-state index contributed by atoms with van der Waals surface area (Å²) in [6, 6.07) is 19.4. The molecule has 0 amide bonds. The van der Waals surface area contributed by atoms with Crippen molar-refractivity contribution >= 4 is 45.3 Å². The molecule has 0 atom stereocenters. The van der Waals surface area contributed by atoms with Crippen LogP contribution in [0.25, 0.3) is 42.0 Å². The molecule has 0 unspecified atom stereocenters. The number of hydrogen-bond donors (Lipinski definition) is 0. The van der Waals surface area contributed by atoms with Gasteiger partial charge in [-0.1, -0.05) is 24.3 Å². The third-order valence-corrected chi connectivity index (χ3v) is 7.66. The Morgan fingerprint density at radius 3 is 1.23 bits per heavy atom. The van der Waals surface area contributed by atoms with E-state index in [1.807, 2.05) is 0 Å². The summed E-state index contributed by atoms with van der Waals surface area (Å²) in [7, 11) is 0. The number of thiophene rings is 4. The average molecular weight is 408 g/mol. The molecule has 5 aromatic heterocycles. The Morgan fingerprint density at radius 2 is 0.885 bits per heavy atom. The molecule has 5 rings (SSSR count). The van der Waals surface area contributed by atoms with Gasteiger partial charge in [-0.15, -0.1) is 45.3 Å². The minimum Gasteiger partial charge on any atom is -0.245 e. The van der Waals surface area contributed by atoms with Crippen LogP contribution in [0.3, 0.4) is 0 Å². The normalized spacial score (nSPS) is 11.1. The average Bonchev–Trinajstić information content (AvgIpc) is 3.49. The van der Waals surface area contributed by atoms with E-state index in [1.165, 1.54) is 30.6 Å². The minimum absolute atomic E-state index is 1.08. The van der Waals surface area contributed by atoms with Crippen LogP contribution in [0, 0.1) is 0 Å². The lowest BCUT2D eigenvalue weighted by molar-refractivity contribution is 1.36. The number of hydrogen-bond acceptors (Lipinski definition) is 5. The van der Waals surface area contributed by atoms with E-state index in [2.05, 4.69) is 76.1 Å². The summed E-state index contributed by atoms with van der Waals surface area (Å²) in [6.07, 6.45) is 0. The maximum Gasteiger partial charge on any atom is 0.0896 e. The van der Waals surface area contributed by atoms with Crippen LogP contribution in [0.2, 0.25) is 0 Å². The molecule has 0 N–H and O–H groups in total. The summed E-state index contributed by atoms with van der Waals surface area (Å²) in [5, 5.41) is 8.50. The predicted molar refractivity (Wildman–Crippen MR) is 117 cm³/mol. The summed E-state index contributed by atoms with van der Waals surface area (Å²) in [5.74, 6) is 0. The molecule has 0 bridgehead atoms. The van der Waals surface area contributed by atoms with Crippen molar-refractivity contribution in [1.82, 2.24) is 4.98 Å². The van der Waals surface area contributed by atoms with E-state index < -0.39 is 0 Å². The number of nitrogens with zero attached hydrogens (tertiary/aromatic N) is 1. The van der Waals surface area contributed by atoms with Crippen LogP contribution in [0.1, 0.15) is 0 Å². The molecule has 0 radical (unpaired) electrons. The van der Waals surface area contributed by atoms with Crippen molar-refractivity contribution in [3.63, 3.8) is 0 Å². The highest BCUT2D eigenvalue weighted by Crippen LogP contribution is 2.43. The second-order valence-electron chi connectivity index (χ2n) is 5.69. The van der Waals surface area contributed by atoms with Gasteiger partial charge in [-0.05, 0) is 51.9 Å². The lowest BCUT2D eigenvalue weighted by Gasteiger charge is -2.13. The van der Waals surface area contributed by atoms with Crippen LogP contribution in [-0.2, 0) is 0 Å². The third-order valence-electron chi connectivity index (χ3n) is 4.10. The van der Waals surface area contributed by atoms with Crippen molar-refractivity contribution in [2.24, 2.45) is 0 Å². The topological polar surface area (TPSA) is 12.9 Å². The molecule has 0 saturated carbocycles. The van der Waals surface area contributed by atoms with Gasteiger partial charge >= 0.3 is 0 Å². The van der Waals surface area contributed by atoms with Gasteiger partial charge in [-0.3, -0.25) is 0 Å². The van der Waals surface area contributed by atoms with Crippen LogP contribution >= 0.6 is 45.3 Å². The molecule has 0 aliphatic carbocycles. The summed E-state index contributed by atoms with van der Waals surface area (Å²) < 4.78 is 0. The Labute approximate surface area is 167 Å². The summed E-state index contributed by atoms with van der Waals surface area (Å²) in [5.41, 5.74) is 4.58. The van der Waals surface area contributed by atoms with Crippen molar-refractivity contribution in [2.45, 2.75) is 0 Å². The number of rotatable bonds is 4. The lowest BCUT2D eigenvalue weighted by Crippen LogP contribution is -1.93. The molecule has 0 fully saturated rings. The van der Waals surface area contributed by atoms with Crippen molar-refractivity contribution in [2.75, 3.05) is 0 Å². The van der Waals surface area contributed by atoms with Crippen molar-refractivity contribution in [3.8, 4) is 42.0 Å². The minimum atomic E-state index is 1.08. The quantitative estimate of drug-likeness (QED) is 0.294. The molecule has 0 aliphatic heterocycles. The molecule has 5 aromatic rings. The lowest BCUT2D eigenvalue weighted by atomic mass is 10.0. The Morgan fingerprint density at radius 1 is 0.500 bits per heavy atom. The molecular weight excluding hydrogens is 395 g/mol. The largest absolute Gasteiger partial charge is 0.245 e. The smallest absolute Gasteiger partial charge is 0.0896 e. The second-order valence-corrected chi connectivity index (χ2v) is 9.48. The van der Waals surface area contributed by atoms with Gasteiger partial charge in [0.05, 0.1) is 21.1 Å². The SMILES string of the molecule is c1csc(-c2cc(-c3cccs3)c(-c3cccs3)nc2-c2cccs2)c1. The van der Waals surface area contributed by atoms with E-state index in [0.717, 1.165) is 11.4 Å². The van der Waals surface area contributed by atoms with E-state index in [4.69, 9.17) is 4.98 Å². The molecule has 0 spiro atoms. The first-order chi connectivity index (χ1) is 12.9. The van der Waals surface area contributed by atoms with Gasteiger partial charge in [0, 0.05) is 20.9 Å². The molecule has 5 heterocycles. The van der Waals surface area contributed by atoms with Crippen LogP contribution in [0.5, 0.6) is 0 Å². The fourth-order valence-electron chi connectivity index (χ4n) is 2.95. The van der Waals surface area contributed by atoms with Crippen molar-refractivity contribution in [1.29, 1.82) is 0 Å². The summed E-state index contributed by atoms with van der Waals surface area (Å²) in [4.78, 5) is 10.1. The number of pyridine rings is 1. The summed E-state index contributed by atoms with van der Waals surface area (Å²) in [6.45, 7) is 0. The molecule has 126 valence electrons. The highest BCUT2D eigenvalue weighted by atomic mass is 32.1. The first-order valence-electron chi connectivity index (χ1n) is 8.11. The van der Waals surface area contributed by atoms with Gasteiger partial charge < -0.3 is 0 Å². The van der Waals surface area contributed by atoms with E-state index in [-0.39, 0.29) is 0 Å². The Kier molecular flexibility index (Phi) is 4.30. The fraction of sp³-hybridized carbons (Fsp3) is 0. The Bertz CT molecular complexity index is 924. The maximum atomic E-state index is 5.20. The highest BCUT2D eigenvalue weighted by Gasteiger charge is 2.19. The van der Waals surface area contributed by atoms with Gasteiger partial charge in [-0.25, -0.2) is 4.98 Å². The number of aromatic nitrogens is 1. The zero-order valence-corrected chi connectivity index (χ0v) is 16.9. The van der Waals surface area contributed by atoms with E-state index in [0.29, 0.717) is 0 Å². The molecule has 26 heavy (non-hydrogen) atoms. The second kappa shape index (κ2) is 6.93. The van der Waals surface area contributed by atoms with E-state index in [9.17, 15) is 0 Å². The van der Waals surface area contributed by atoms with Crippen LogP contribution in [-0.4, -0.2) is 4.98 Å². The van der Waals surface area contributed by atoms with Gasteiger partial charge in [0.25, 0.3) is 0 Å². The van der Waals surface area contributed by atoms with Crippen LogP contribution in [0.15, 0.2) is 76.1 Å². The van der Waals surface area contributed by atoms with Crippen LogP contribution < -0.4 is 0 Å². The first kappa shape index (κ1) is 16.1. The maximum absolute atomic E-state index is 5.20. The fourth-order valence-corrected chi connectivity index (χ4v) is 5.90. The third kappa shape index (κ3) is 2.87. The molecule has 0 aliphatic rings. The molecule has 5 heteroatoms. The van der Waals surface area contributed by atoms with Gasteiger partial charge in [0.2, 0.25) is 0 Å². The van der Waals surface area contributed by atoms with Gasteiger partial charge in [0.15, 0.2) is 0 Å². The van der Waals surface area contributed by atoms with Crippen molar-refractivity contribution in [3.05, 3.63) is 76.1 Å². The predicted octanol–water partition coefficient (Wildman–Crippen LogP) is 8.00. The molecule has 0 aromatic carbocycles. The molecule has 1 nitrogen and oxygen atoms in total. The summed E-state index contributed by atoms with van der Waals surface area (Å²) >= 11 is 7.02. The van der Waals surface area contributed by atoms with E-state index in [1.54, 1.807) is 45.3 Å².